The monoisotopic (exact) mass is 286 g/mol. The second-order valence-corrected chi connectivity index (χ2v) is 4.90. The van der Waals surface area contributed by atoms with Crippen molar-refractivity contribution in [2.75, 3.05) is 33.0 Å². The van der Waals surface area contributed by atoms with Crippen LogP contribution in [-0.2, 0) is 28.4 Å². The van der Waals surface area contributed by atoms with E-state index in [1.165, 1.54) is 0 Å². The lowest BCUT2D eigenvalue weighted by Gasteiger charge is -2.46. The van der Waals surface area contributed by atoms with Gasteiger partial charge in [0.1, 0.15) is 0 Å². The Labute approximate surface area is 119 Å². The molecule has 2 saturated heterocycles. The molecule has 2 heterocycles. The molecule has 2 rings (SSSR count). The van der Waals surface area contributed by atoms with Crippen molar-refractivity contribution < 1.29 is 28.4 Å². The van der Waals surface area contributed by atoms with E-state index in [2.05, 4.69) is 13.2 Å². The molecular formula is C14H22O6. The maximum absolute atomic E-state index is 5.69. The fraction of sp³-hybridized carbons (Fsp3) is 0.714. The summed E-state index contributed by atoms with van der Waals surface area (Å²) in [5, 5.41) is 0. The highest BCUT2D eigenvalue weighted by atomic mass is 16.9. The average Bonchev–Trinajstić information content (AvgIpc) is 2.48. The normalized spacial score (nSPS) is 37.8. The summed E-state index contributed by atoms with van der Waals surface area (Å²) >= 11 is 0. The van der Waals surface area contributed by atoms with Crippen molar-refractivity contribution in [3.63, 3.8) is 0 Å². The molecule has 2 aliphatic heterocycles. The first-order valence-corrected chi connectivity index (χ1v) is 6.65. The van der Waals surface area contributed by atoms with Crippen LogP contribution in [0.15, 0.2) is 25.3 Å². The summed E-state index contributed by atoms with van der Waals surface area (Å²) in [5.74, 6) is 0. The molecule has 0 aromatic rings. The van der Waals surface area contributed by atoms with E-state index in [9.17, 15) is 0 Å². The van der Waals surface area contributed by atoms with Gasteiger partial charge in [-0.25, -0.2) is 0 Å². The molecule has 2 fully saturated rings. The van der Waals surface area contributed by atoms with Crippen LogP contribution in [0.25, 0.3) is 0 Å². The Hall–Kier alpha value is -0.760. The summed E-state index contributed by atoms with van der Waals surface area (Å²) in [5.41, 5.74) is -0.331. The third-order valence-corrected chi connectivity index (χ3v) is 3.40. The second kappa shape index (κ2) is 7.31. The van der Waals surface area contributed by atoms with Gasteiger partial charge in [-0.05, 0) is 6.92 Å². The maximum atomic E-state index is 5.69. The number of ether oxygens (including phenoxy) is 6. The van der Waals surface area contributed by atoms with Gasteiger partial charge in [-0.1, -0.05) is 12.2 Å². The minimum Gasteiger partial charge on any atom is -0.329 e. The predicted octanol–water partition coefficient (Wildman–Crippen LogP) is 1.43. The van der Waals surface area contributed by atoms with Gasteiger partial charge in [0.05, 0.1) is 44.6 Å². The van der Waals surface area contributed by atoms with Crippen LogP contribution in [0.5, 0.6) is 0 Å². The molecule has 1 spiro atoms. The number of hydrogen-bond donors (Lipinski definition) is 0. The fourth-order valence-electron chi connectivity index (χ4n) is 2.05. The molecular weight excluding hydrogens is 264 g/mol. The molecule has 0 aliphatic carbocycles. The van der Waals surface area contributed by atoms with Gasteiger partial charge in [0, 0.05) is 0 Å². The van der Waals surface area contributed by atoms with Crippen molar-refractivity contribution in [3.05, 3.63) is 25.3 Å². The molecule has 0 aromatic heterocycles. The second-order valence-electron chi connectivity index (χ2n) is 4.90. The lowest BCUT2D eigenvalue weighted by atomic mass is 9.84. The van der Waals surface area contributed by atoms with Gasteiger partial charge in [-0.2, -0.15) is 0 Å². The van der Waals surface area contributed by atoms with E-state index in [-0.39, 0.29) is 11.5 Å². The Kier molecular flexibility index (Phi) is 5.71. The minimum absolute atomic E-state index is 0.105. The van der Waals surface area contributed by atoms with Gasteiger partial charge in [0.2, 0.25) is 0 Å². The lowest BCUT2D eigenvalue weighted by Crippen LogP contribution is -2.57. The van der Waals surface area contributed by atoms with E-state index in [0.29, 0.717) is 33.0 Å². The lowest BCUT2D eigenvalue weighted by molar-refractivity contribution is -0.405. The molecule has 0 saturated carbocycles. The maximum Gasteiger partial charge on any atom is 0.272 e. The quantitative estimate of drug-likeness (QED) is 0.688. The van der Waals surface area contributed by atoms with Gasteiger partial charge in [-0.15, -0.1) is 13.2 Å². The van der Waals surface area contributed by atoms with Crippen molar-refractivity contribution in [2.24, 2.45) is 5.41 Å². The van der Waals surface area contributed by atoms with Gasteiger partial charge < -0.3 is 28.4 Å². The molecule has 20 heavy (non-hydrogen) atoms. The Bertz CT molecular complexity index is 315. The highest BCUT2D eigenvalue weighted by molar-refractivity contribution is 4.89. The summed E-state index contributed by atoms with van der Waals surface area (Å²) in [6, 6.07) is 0. The highest BCUT2D eigenvalue weighted by Crippen LogP contribution is 2.35. The minimum atomic E-state index is -0.664. The van der Waals surface area contributed by atoms with Crippen LogP contribution in [0.1, 0.15) is 6.92 Å². The molecule has 6 heteroatoms. The van der Waals surface area contributed by atoms with Crippen molar-refractivity contribution in [2.45, 2.75) is 26.0 Å². The van der Waals surface area contributed by atoms with Crippen molar-refractivity contribution in [3.8, 4) is 0 Å². The van der Waals surface area contributed by atoms with Crippen LogP contribution in [0.2, 0.25) is 0 Å². The number of rotatable bonds is 6. The molecule has 2 atom stereocenters. The van der Waals surface area contributed by atoms with E-state index in [1.54, 1.807) is 12.2 Å². The van der Waals surface area contributed by atoms with Crippen molar-refractivity contribution in [1.29, 1.82) is 0 Å². The molecule has 0 N–H and O–H groups in total. The third kappa shape index (κ3) is 3.66. The zero-order valence-corrected chi connectivity index (χ0v) is 11.8. The zero-order valence-electron chi connectivity index (χ0n) is 11.8. The largest absolute Gasteiger partial charge is 0.329 e. The van der Waals surface area contributed by atoms with Gasteiger partial charge >= 0.3 is 0 Å². The highest BCUT2D eigenvalue weighted by Gasteiger charge is 2.47. The fourth-order valence-corrected chi connectivity index (χ4v) is 2.05. The Morgan fingerprint density at radius 1 is 1.00 bits per heavy atom. The first-order valence-electron chi connectivity index (χ1n) is 6.65. The molecule has 0 bridgehead atoms. The van der Waals surface area contributed by atoms with Crippen LogP contribution < -0.4 is 0 Å². The first-order chi connectivity index (χ1) is 9.70. The smallest absolute Gasteiger partial charge is 0.272 e. The average molecular weight is 286 g/mol. The topological polar surface area (TPSA) is 55.4 Å². The Balaban J connectivity index is 1.81. The molecule has 0 aromatic carbocycles. The molecule has 2 unspecified atom stereocenters. The number of hydrogen-bond acceptors (Lipinski definition) is 6. The van der Waals surface area contributed by atoms with Gasteiger partial charge in [-0.3, -0.25) is 0 Å². The van der Waals surface area contributed by atoms with Gasteiger partial charge in [0.25, 0.3) is 13.0 Å². The zero-order chi connectivity index (χ0) is 14.4. The summed E-state index contributed by atoms with van der Waals surface area (Å²) in [4.78, 5) is 0. The predicted molar refractivity (Wildman–Crippen MR) is 70.7 cm³/mol. The van der Waals surface area contributed by atoms with E-state index in [1.807, 2.05) is 6.92 Å². The van der Waals surface area contributed by atoms with E-state index >= 15 is 0 Å². The van der Waals surface area contributed by atoms with Crippen LogP contribution in [0.4, 0.5) is 0 Å². The molecule has 0 radical (unpaired) electrons. The molecule has 0 amide bonds. The van der Waals surface area contributed by atoms with Crippen LogP contribution in [0, 0.1) is 5.41 Å². The summed E-state index contributed by atoms with van der Waals surface area (Å²) in [6.45, 7) is 9.92. The SMILES string of the molecule is C=CCOC1OCC2(CO1)COC(OCC=C)OC2C. The van der Waals surface area contributed by atoms with Crippen molar-refractivity contribution in [1.82, 2.24) is 0 Å². The summed E-state index contributed by atoms with van der Waals surface area (Å²) < 4.78 is 33.0. The molecule has 114 valence electrons. The van der Waals surface area contributed by atoms with E-state index in [0.717, 1.165) is 0 Å². The van der Waals surface area contributed by atoms with Crippen LogP contribution in [0.3, 0.4) is 0 Å². The van der Waals surface area contributed by atoms with Crippen LogP contribution >= 0.6 is 0 Å². The summed E-state index contributed by atoms with van der Waals surface area (Å²) in [7, 11) is 0. The van der Waals surface area contributed by atoms with Crippen molar-refractivity contribution >= 4 is 0 Å². The van der Waals surface area contributed by atoms with E-state index < -0.39 is 13.0 Å². The van der Waals surface area contributed by atoms with Crippen LogP contribution in [-0.4, -0.2) is 52.1 Å². The molecule has 6 nitrogen and oxygen atoms in total. The third-order valence-electron chi connectivity index (χ3n) is 3.40. The Morgan fingerprint density at radius 2 is 1.50 bits per heavy atom. The van der Waals surface area contributed by atoms with Gasteiger partial charge in [0.15, 0.2) is 0 Å². The molecule has 2 aliphatic rings. The first kappa shape index (κ1) is 15.6. The van der Waals surface area contributed by atoms with E-state index in [4.69, 9.17) is 28.4 Å². The summed E-state index contributed by atoms with van der Waals surface area (Å²) in [6.07, 6.45) is 3.19. The standard InChI is InChI=1S/C14H22O6/c1-4-6-15-12-17-8-14(9-18-12)10-19-13(16-7-5-2)20-11(14)3/h4-5,11-13H,1-2,6-10H2,3H3. The Morgan fingerprint density at radius 3 is 2.00 bits per heavy atom.